The molecule has 0 unspecified atom stereocenters. The fraction of sp³-hybridized carbons (Fsp3) is 0.308. The number of carbonyl (C=O) groups is 1. The van der Waals surface area contributed by atoms with Crippen molar-refractivity contribution in [2.75, 3.05) is 11.9 Å². The van der Waals surface area contributed by atoms with E-state index in [1.54, 1.807) is 0 Å². The third-order valence-electron chi connectivity index (χ3n) is 2.54. The highest BCUT2D eigenvalue weighted by atomic mass is 16.6. The van der Waals surface area contributed by atoms with Gasteiger partial charge in [0.1, 0.15) is 5.69 Å². The summed E-state index contributed by atoms with van der Waals surface area (Å²) in [5.74, 6) is 1.84. The van der Waals surface area contributed by atoms with E-state index in [1.807, 2.05) is 0 Å². The number of amides is 1. The summed E-state index contributed by atoms with van der Waals surface area (Å²) >= 11 is 0. The van der Waals surface area contributed by atoms with Crippen molar-refractivity contribution in [1.82, 2.24) is 0 Å². The van der Waals surface area contributed by atoms with Crippen molar-refractivity contribution in [3.8, 4) is 12.3 Å². The number of anilines is 1. The molecule has 0 fully saturated rings. The lowest BCUT2D eigenvalue weighted by Crippen LogP contribution is -2.12. The van der Waals surface area contributed by atoms with Gasteiger partial charge >= 0.3 is 0 Å². The van der Waals surface area contributed by atoms with Crippen molar-refractivity contribution in [3.63, 3.8) is 0 Å². The largest absolute Gasteiger partial charge is 0.379 e. The molecule has 19 heavy (non-hydrogen) atoms. The zero-order valence-electron chi connectivity index (χ0n) is 10.4. The van der Waals surface area contributed by atoms with E-state index in [0.717, 1.165) is 12.8 Å². The summed E-state index contributed by atoms with van der Waals surface area (Å²) in [7, 11) is 0. The lowest BCUT2D eigenvalue weighted by atomic mass is 10.1. The van der Waals surface area contributed by atoms with Crippen LogP contribution in [0.15, 0.2) is 18.2 Å². The quantitative estimate of drug-likeness (QED) is 0.339. The van der Waals surface area contributed by atoms with Crippen molar-refractivity contribution in [2.24, 2.45) is 5.73 Å². The molecular formula is C13H15N3O3. The number of nitro benzene ring substituents is 1. The molecule has 0 aromatic heterocycles. The van der Waals surface area contributed by atoms with Crippen LogP contribution in [0.3, 0.4) is 0 Å². The lowest BCUT2D eigenvalue weighted by Gasteiger charge is -2.07. The van der Waals surface area contributed by atoms with Gasteiger partial charge in [-0.3, -0.25) is 14.9 Å². The Kier molecular flexibility index (Phi) is 5.35. The molecule has 0 radical (unpaired) electrons. The summed E-state index contributed by atoms with van der Waals surface area (Å²) < 4.78 is 0. The van der Waals surface area contributed by atoms with Crippen LogP contribution in [0.5, 0.6) is 0 Å². The van der Waals surface area contributed by atoms with E-state index in [1.165, 1.54) is 18.2 Å². The average molecular weight is 261 g/mol. The summed E-state index contributed by atoms with van der Waals surface area (Å²) in [5.41, 5.74) is 5.41. The molecule has 1 rings (SSSR count). The summed E-state index contributed by atoms with van der Waals surface area (Å²) in [6.45, 7) is 0.582. The van der Waals surface area contributed by atoms with Gasteiger partial charge in [-0.2, -0.15) is 0 Å². The summed E-state index contributed by atoms with van der Waals surface area (Å²) in [6.07, 6.45) is 7.49. The Morgan fingerprint density at radius 3 is 2.79 bits per heavy atom. The third kappa shape index (κ3) is 4.32. The molecule has 0 saturated heterocycles. The van der Waals surface area contributed by atoms with Gasteiger partial charge < -0.3 is 11.1 Å². The first kappa shape index (κ1) is 14.5. The number of hydrogen-bond acceptors (Lipinski definition) is 4. The van der Waals surface area contributed by atoms with Gasteiger partial charge in [0.05, 0.1) is 4.92 Å². The molecular weight excluding hydrogens is 246 g/mol. The Morgan fingerprint density at radius 2 is 2.21 bits per heavy atom. The van der Waals surface area contributed by atoms with Crippen molar-refractivity contribution >= 4 is 17.3 Å². The SMILES string of the molecule is C#CCCCCNc1ccc(C(N)=O)cc1[N+](=O)[O-]. The first-order valence-corrected chi connectivity index (χ1v) is 5.82. The molecule has 0 heterocycles. The van der Waals surface area contributed by atoms with Gasteiger partial charge in [-0.15, -0.1) is 12.3 Å². The molecule has 0 saturated carbocycles. The molecule has 3 N–H and O–H groups in total. The Balaban J connectivity index is 2.75. The number of rotatable bonds is 7. The van der Waals surface area contributed by atoms with E-state index >= 15 is 0 Å². The number of nitrogens with zero attached hydrogens (tertiary/aromatic N) is 1. The van der Waals surface area contributed by atoms with Crippen LogP contribution in [-0.2, 0) is 0 Å². The molecule has 1 aromatic rings. The normalized spacial score (nSPS) is 9.63. The number of terminal acetylenes is 1. The number of nitro groups is 1. The molecule has 100 valence electrons. The van der Waals surface area contributed by atoms with E-state index in [0.29, 0.717) is 18.7 Å². The highest BCUT2D eigenvalue weighted by Crippen LogP contribution is 2.25. The first-order chi connectivity index (χ1) is 9.06. The maximum atomic E-state index is 11.0. The van der Waals surface area contributed by atoms with Crippen molar-refractivity contribution in [3.05, 3.63) is 33.9 Å². The van der Waals surface area contributed by atoms with E-state index < -0.39 is 10.8 Å². The minimum atomic E-state index is -0.691. The molecule has 0 bridgehead atoms. The Morgan fingerprint density at radius 1 is 1.47 bits per heavy atom. The Hall–Kier alpha value is -2.55. The van der Waals surface area contributed by atoms with Gasteiger partial charge in [-0.1, -0.05) is 0 Å². The second-order valence-corrected chi connectivity index (χ2v) is 3.94. The predicted octanol–water partition coefficient (Wildman–Crippen LogP) is 1.91. The second kappa shape index (κ2) is 7.01. The summed E-state index contributed by atoms with van der Waals surface area (Å²) in [4.78, 5) is 21.4. The second-order valence-electron chi connectivity index (χ2n) is 3.94. The smallest absolute Gasteiger partial charge is 0.293 e. The molecule has 1 amide bonds. The van der Waals surface area contributed by atoms with Crippen molar-refractivity contribution in [2.45, 2.75) is 19.3 Å². The monoisotopic (exact) mass is 261 g/mol. The van der Waals surface area contributed by atoms with Gasteiger partial charge in [-0.05, 0) is 25.0 Å². The van der Waals surface area contributed by atoms with Gasteiger partial charge in [-0.25, -0.2) is 0 Å². The van der Waals surface area contributed by atoms with E-state index in [-0.39, 0.29) is 11.3 Å². The maximum Gasteiger partial charge on any atom is 0.293 e. The molecule has 0 aliphatic heterocycles. The molecule has 6 nitrogen and oxygen atoms in total. The zero-order valence-corrected chi connectivity index (χ0v) is 10.4. The van der Waals surface area contributed by atoms with Gasteiger partial charge in [0.15, 0.2) is 0 Å². The first-order valence-electron chi connectivity index (χ1n) is 5.82. The van der Waals surface area contributed by atoms with Gasteiger partial charge in [0.25, 0.3) is 5.69 Å². The number of nitrogens with one attached hydrogen (secondary N) is 1. The van der Waals surface area contributed by atoms with E-state index in [9.17, 15) is 14.9 Å². The minimum Gasteiger partial charge on any atom is -0.379 e. The van der Waals surface area contributed by atoms with Gasteiger partial charge in [0, 0.05) is 24.6 Å². The fourth-order valence-electron chi connectivity index (χ4n) is 1.56. The lowest BCUT2D eigenvalue weighted by molar-refractivity contribution is -0.384. The number of carbonyl (C=O) groups excluding carboxylic acids is 1. The molecule has 0 spiro atoms. The Labute approximate surface area is 111 Å². The number of nitrogens with two attached hydrogens (primary N) is 1. The molecule has 0 atom stereocenters. The molecule has 1 aromatic carbocycles. The highest BCUT2D eigenvalue weighted by molar-refractivity contribution is 5.94. The van der Waals surface area contributed by atoms with Gasteiger partial charge in [0.2, 0.25) is 5.91 Å². The van der Waals surface area contributed by atoms with Crippen molar-refractivity contribution < 1.29 is 9.72 Å². The van der Waals surface area contributed by atoms with Crippen LogP contribution in [0.1, 0.15) is 29.6 Å². The van der Waals surface area contributed by atoms with Crippen LogP contribution in [0.2, 0.25) is 0 Å². The highest BCUT2D eigenvalue weighted by Gasteiger charge is 2.15. The number of hydrogen-bond donors (Lipinski definition) is 2. The molecule has 0 aliphatic carbocycles. The van der Waals surface area contributed by atoms with Crippen LogP contribution >= 0.6 is 0 Å². The standard InChI is InChI=1S/C13H15N3O3/c1-2-3-4-5-8-15-11-7-6-10(13(14)17)9-12(11)16(18)19/h1,6-7,9,15H,3-5,8H2,(H2,14,17). The summed E-state index contributed by atoms with van der Waals surface area (Å²) in [5, 5.41) is 13.9. The fourth-order valence-corrected chi connectivity index (χ4v) is 1.56. The van der Waals surface area contributed by atoms with Crippen LogP contribution < -0.4 is 11.1 Å². The van der Waals surface area contributed by atoms with Crippen LogP contribution in [-0.4, -0.2) is 17.4 Å². The third-order valence-corrected chi connectivity index (χ3v) is 2.54. The summed E-state index contributed by atoms with van der Waals surface area (Å²) in [6, 6.07) is 4.12. The van der Waals surface area contributed by atoms with Crippen LogP contribution in [0, 0.1) is 22.5 Å². The topological polar surface area (TPSA) is 98.3 Å². The molecule has 6 heteroatoms. The zero-order chi connectivity index (χ0) is 14.3. The minimum absolute atomic E-state index is 0.115. The van der Waals surface area contributed by atoms with Crippen LogP contribution in [0.25, 0.3) is 0 Å². The number of benzene rings is 1. The predicted molar refractivity (Wildman–Crippen MR) is 72.8 cm³/mol. The number of primary amides is 1. The van der Waals surface area contributed by atoms with Crippen LogP contribution in [0.4, 0.5) is 11.4 Å². The average Bonchev–Trinajstić information content (AvgIpc) is 2.38. The molecule has 0 aliphatic rings. The van der Waals surface area contributed by atoms with E-state index in [2.05, 4.69) is 11.2 Å². The maximum absolute atomic E-state index is 11.0. The number of unbranched alkanes of at least 4 members (excludes halogenated alkanes) is 2. The Bertz CT molecular complexity index is 520. The van der Waals surface area contributed by atoms with Crippen molar-refractivity contribution in [1.29, 1.82) is 0 Å². The van der Waals surface area contributed by atoms with E-state index in [4.69, 9.17) is 12.2 Å².